The Balaban J connectivity index is 2.54. The van der Waals surface area contributed by atoms with Gasteiger partial charge in [0.15, 0.2) is 0 Å². The predicted octanol–water partition coefficient (Wildman–Crippen LogP) is 5.30. The van der Waals surface area contributed by atoms with Gasteiger partial charge in [0.2, 0.25) is 0 Å². The van der Waals surface area contributed by atoms with Crippen LogP contribution in [0.1, 0.15) is 45.2 Å². The Morgan fingerprint density at radius 1 is 1.33 bits per heavy atom. The summed E-state index contributed by atoms with van der Waals surface area (Å²) < 4.78 is 21.6. The molecule has 1 aliphatic rings. The van der Waals surface area contributed by atoms with Gasteiger partial charge in [-0.2, -0.15) is 0 Å². The van der Waals surface area contributed by atoms with Crippen LogP contribution in [0.4, 0.5) is 0 Å². The van der Waals surface area contributed by atoms with Crippen molar-refractivity contribution in [1.29, 1.82) is 0 Å². The molecular weight excluding hydrogens is 427 g/mol. The monoisotopic (exact) mass is 452 g/mol. The van der Waals surface area contributed by atoms with Crippen LogP contribution >= 0.6 is 34.8 Å². The first-order valence-corrected chi connectivity index (χ1v) is 11.2. The number of halogens is 3. The largest absolute Gasteiger partial charge is 0.489 e. The number of rotatable bonds is 7. The molecule has 1 aliphatic heterocycles. The van der Waals surface area contributed by atoms with Gasteiger partial charge in [0, 0.05) is 11.6 Å². The molecule has 0 aromatic heterocycles. The van der Waals surface area contributed by atoms with E-state index in [2.05, 4.69) is 16.6 Å². The molecule has 1 fully saturated rings. The maximum absolute atomic E-state index is 12.9. The van der Waals surface area contributed by atoms with Gasteiger partial charge in [-0.15, -0.1) is 0 Å². The van der Waals surface area contributed by atoms with Gasteiger partial charge in [0.1, 0.15) is 12.4 Å². The number of benzene rings is 1. The minimum absolute atomic E-state index is 0.235. The lowest BCUT2D eigenvalue weighted by Gasteiger charge is -2.34. The van der Waals surface area contributed by atoms with Crippen molar-refractivity contribution < 1.29 is 8.95 Å². The zero-order valence-corrected chi connectivity index (χ0v) is 19.0. The van der Waals surface area contributed by atoms with Crippen molar-refractivity contribution in [3.05, 3.63) is 39.4 Å². The second-order valence-electron chi connectivity index (χ2n) is 7.56. The third kappa shape index (κ3) is 5.84. The fraction of sp³-hybridized carbons (Fsp3) is 0.579. The van der Waals surface area contributed by atoms with Gasteiger partial charge >= 0.3 is 0 Å². The molecule has 0 spiro atoms. The van der Waals surface area contributed by atoms with Gasteiger partial charge < -0.3 is 10.1 Å². The van der Waals surface area contributed by atoms with E-state index in [1.54, 1.807) is 12.1 Å². The van der Waals surface area contributed by atoms with E-state index in [-0.39, 0.29) is 17.0 Å². The summed E-state index contributed by atoms with van der Waals surface area (Å²) in [5, 5.41) is 4.30. The number of ether oxygens (including phenoxy) is 1. The summed E-state index contributed by atoms with van der Waals surface area (Å²) >= 11 is 19.2. The summed E-state index contributed by atoms with van der Waals surface area (Å²) in [6.45, 7) is 11.6. The molecule has 1 aromatic carbocycles. The molecule has 2 atom stereocenters. The smallest absolute Gasteiger partial charge is 0.127 e. The second-order valence-corrected chi connectivity index (χ2v) is 10.7. The number of hydrogen-bond donors (Lipinski definition) is 2. The van der Waals surface area contributed by atoms with Crippen LogP contribution in [0.5, 0.6) is 5.75 Å². The fourth-order valence-corrected chi connectivity index (χ4v) is 4.61. The van der Waals surface area contributed by atoms with Gasteiger partial charge in [-0.3, -0.25) is 0 Å². The lowest BCUT2D eigenvalue weighted by atomic mass is 9.86. The quantitative estimate of drug-likeness (QED) is 0.435. The van der Waals surface area contributed by atoms with Crippen molar-refractivity contribution in [2.24, 2.45) is 5.92 Å². The molecule has 1 aromatic rings. The van der Waals surface area contributed by atoms with E-state index in [1.165, 1.54) is 0 Å². The first-order chi connectivity index (χ1) is 12.7. The molecule has 2 rings (SSSR count). The molecule has 1 saturated heterocycles. The Morgan fingerprint density at radius 3 is 2.52 bits per heavy atom. The average Bonchev–Trinajstić information content (AvgIpc) is 2.63. The minimum atomic E-state index is -1.28. The number of piperidine rings is 1. The van der Waals surface area contributed by atoms with Crippen LogP contribution in [0.2, 0.25) is 15.1 Å². The predicted molar refractivity (Wildman–Crippen MR) is 117 cm³/mol. The molecule has 0 bridgehead atoms. The van der Waals surface area contributed by atoms with Crippen molar-refractivity contribution in [3.63, 3.8) is 0 Å². The maximum Gasteiger partial charge on any atom is 0.127 e. The SMILES string of the molecule is C=CCOc1cc(Cl)c(Cl)c(Cl)c1[C@H](N[S@@](=O)C(C)(C)C)C1CCNCC1. The molecule has 4 nitrogen and oxygen atoms in total. The molecule has 0 aliphatic carbocycles. The van der Waals surface area contributed by atoms with E-state index in [0.29, 0.717) is 28.0 Å². The zero-order chi connectivity index (χ0) is 20.2. The average molecular weight is 454 g/mol. The molecule has 0 unspecified atom stereocenters. The van der Waals surface area contributed by atoms with Gasteiger partial charge in [0.25, 0.3) is 0 Å². The van der Waals surface area contributed by atoms with Gasteiger partial charge in [-0.05, 0) is 52.6 Å². The van der Waals surface area contributed by atoms with Crippen LogP contribution in [0, 0.1) is 5.92 Å². The molecule has 27 heavy (non-hydrogen) atoms. The molecule has 0 radical (unpaired) electrons. The van der Waals surface area contributed by atoms with E-state index in [9.17, 15) is 4.21 Å². The van der Waals surface area contributed by atoms with Crippen LogP contribution in [-0.2, 0) is 11.0 Å². The highest BCUT2D eigenvalue weighted by molar-refractivity contribution is 7.84. The lowest BCUT2D eigenvalue weighted by Crippen LogP contribution is -2.41. The zero-order valence-electron chi connectivity index (χ0n) is 15.9. The molecule has 8 heteroatoms. The van der Waals surface area contributed by atoms with Gasteiger partial charge in [-0.1, -0.05) is 47.5 Å². The van der Waals surface area contributed by atoms with Crippen LogP contribution in [0.25, 0.3) is 0 Å². The highest BCUT2D eigenvalue weighted by Gasteiger charge is 2.34. The lowest BCUT2D eigenvalue weighted by molar-refractivity contribution is 0.295. The van der Waals surface area contributed by atoms with E-state index in [1.807, 2.05) is 20.8 Å². The van der Waals surface area contributed by atoms with E-state index < -0.39 is 15.7 Å². The first-order valence-electron chi connectivity index (χ1n) is 8.96. The maximum atomic E-state index is 12.9. The third-order valence-corrected chi connectivity index (χ3v) is 7.33. The summed E-state index contributed by atoms with van der Waals surface area (Å²) in [6.07, 6.45) is 3.51. The highest BCUT2D eigenvalue weighted by atomic mass is 35.5. The Kier molecular flexibility index (Phi) is 8.47. The minimum Gasteiger partial charge on any atom is -0.489 e. The Morgan fingerprint density at radius 2 is 1.96 bits per heavy atom. The van der Waals surface area contributed by atoms with Crippen molar-refractivity contribution in [3.8, 4) is 5.75 Å². The molecule has 2 N–H and O–H groups in total. The summed E-state index contributed by atoms with van der Waals surface area (Å²) in [7, 11) is -1.28. The van der Waals surface area contributed by atoms with Gasteiger partial charge in [-0.25, -0.2) is 8.93 Å². The summed E-state index contributed by atoms with van der Waals surface area (Å²) in [4.78, 5) is 0. The Labute approximate surface area is 179 Å². The topological polar surface area (TPSA) is 50.4 Å². The van der Waals surface area contributed by atoms with Crippen molar-refractivity contribution in [2.75, 3.05) is 19.7 Å². The van der Waals surface area contributed by atoms with E-state index >= 15 is 0 Å². The first kappa shape index (κ1) is 23.0. The summed E-state index contributed by atoms with van der Waals surface area (Å²) in [6, 6.07) is 1.40. The van der Waals surface area contributed by atoms with Crippen LogP contribution in [-0.4, -0.2) is 28.7 Å². The summed E-state index contributed by atoms with van der Waals surface area (Å²) in [5.41, 5.74) is 0.706. The standard InChI is InChI=1S/C19H27Cl3N2O2S/c1-5-10-26-14-11-13(20)16(21)17(22)15(14)18(12-6-8-23-9-7-12)24-27(25)19(2,3)4/h5,11-12,18,23-24H,1,6-10H2,2-4H3/t18-,27+/m1/s1. The summed E-state index contributed by atoms with van der Waals surface area (Å²) in [5.74, 6) is 0.773. The molecular formula is C19H27Cl3N2O2S. The fourth-order valence-electron chi connectivity index (χ4n) is 3.01. The van der Waals surface area contributed by atoms with E-state index in [0.717, 1.165) is 25.9 Å². The molecule has 0 saturated carbocycles. The molecule has 152 valence electrons. The van der Waals surface area contributed by atoms with Crippen molar-refractivity contribution >= 4 is 45.8 Å². The van der Waals surface area contributed by atoms with Crippen LogP contribution in [0.3, 0.4) is 0 Å². The van der Waals surface area contributed by atoms with Crippen LogP contribution in [0.15, 0.2) is 18.7 Å². The third-order valence-electron chi connectivity index (χ3n) is 4.48. The van der Waals surface area contributed by atoms with Gasteiger partial charge in [0.05, 0.1) is 36.8 Å². The Hall–Kier alpha value is -0.300. The number of nitrogens with one attached hydrogen (secondary N) is 2. The van der Waals surface area contributed by atoms with Crippen molar-refractivity contribution in [1.82, 2.24) is 10.0 Å². The highest BCUT2D eigenvalue weighted by Crippen LogP contribution is 2.45. The Bertz CT molecular complexity index is 701. The number of hydrogen-bond acceptors (Lipinski definition) is 3. The molecule has 0 amide bonds. The molecule has 1 heterocycles. The van der Waals surface area contributed by atoms with Crippen molar-refractivity contribution in [2.45, 2.75) is 44.4 Å². The second kappa shape index (κ2) is 9.95. The van der Waals surface area contributed by atoms with E-state index in [4.69, 9.17) is 39.5 Å². The normalized spacial score (nSPS) is 18.1. The van der Waals surface area contributed by atoms with Crippen LogP contribution < -0.4 is 14.8 Å².